The summed E-state index contributed by atoms with van der Waals surface area (Å²) < 4.78 is 10.4. The van der Waals surface area contributed by atoms with Crippen LogP contribution in [0.5, 0.6) is 0 Å². The van der Waals surface area contributed by atoms with Crippen molar-refractivity contribution in [2.75, 3.05) is 13.1 Å². The van der Waals surface area contributed by atoms with Crippen LogP contribution in [-0.4, -0.2) is 47.7 Å². The summed E-state index contributed by atoms with van der Waals surface area (Å²) in [7, 11) is 0. The first-order chi connectivity index (χ1) is 17.3. The fourth-order valence-corrected chi connectivity index (χ4v) is 4.32. The van der Waals surface area contributed by atoms with Gasteiger partial charge in [0.15, 0.2) is 5.78 Å². The zero-order chi connectivity index (χ0) is 25.8. The van der Waals surface area contributed by atoms with Crippen LogP contribution in [0.25, 0.3) is 11.0 Å². The zero-order valence-electron chi connectivity index (χ0n) is 19.6. The molecule has 3 aromatic rings. The minimum absolute atomic E-state index is 0.0592. The predicted octanol–water partition coefficient (Wildman–Crippen LogP) is 2.30. The molecule has 0 saturated carbocycles. The van der Waals surface area contributed by atoms with Gasteiger partial charge in [0.05, 0.1) is 6.04 Å². The van der Waals surface area contributed by atoms with E-state index in [4.69, 9.17) is 14.9 Å². The summed E-state index contributed by atoms with van der Waals surface area (Å²) in [5.41, 5.74) is 5.80. The molecule has 186 valence electrons. The number of rotatable bonds is 7. The molecule has 1 aromatic heterocycles. The normalized spacial score (nSPS) is 15.0. The number of aryl methyl sites for hydroxylation is 1. The molecule has 1 aliphatic heterocycles. The summed E-state index contributed by atoms with van der Waals surface area (Å²) in [6.45, 7) is 1.64. The van der Waals surface area contributed by atoms with E-state index in [1.54, 1.807) is 25.1 Å². The van der Waals surface area contributed by atoms with E-state index in [9.17, 15) is 24.0 Å². The number of nitrogens with zero attached hydrogens (tertiary/aromatic N) is 1. The molecule has 2 heterocycles. The average Bonchev–Trinajstić information content (AvgIpc) is 3.36. The van der Waals surface area contributed by atoms with E-state index in [0.29, 0.717) is 30.3 Å². The van der Waals surface area contributed by atoms with Crippen LogP contribution < -0.4 is 16.7 Å². The molecule has 1 atom stereocenters. The lowest BCUT2D eigenvalue weighted by atomic mass is 9.97. The van der Waals surface area contributed by atoms with Crippen molar-refractivity contribution >= 4 is 34.7 Å². The molecule has 3 N–H and O–H groups in total. The van der Waals surface area contributed by atoms with Gasteiger partial charge in [-0.1, -0.05) is 36.4 Å². The first kappa shape index (κ1) is 24.6. The molecule has 36 heavy (non-hydrogen) atoms. The van der Waals surface area contributed by atoms with Crippen LogP contribution in [0, 0.1) is 6.92 Å². The zero-order valence-corrected chi connectivity index (χ0v) is 19.6. The summed E-state index contributed by atoms with van der Waals surface area (Å²) >= 11 is 0. The number of benzene rings is 2. The standard InChI is InChI=1S/C26H25N3O7/c1-15-18-10-9-17(24(27)32)12-20(18)36-25(33)22(15)23(31)19-8-5-11-29(19)21(30)13-28-26(34)35-14-16-6-3-2-4-7-16/h2-4,6-7,9-10,12,19H,5,8,11,13-14H2,1H3,(H2,27,32)(H,28,34)/t19-/m0/s1. The van der Waals surface area contributed by atoms with Gasteiger partial charge in [0.2, 0.25) is 11.8 Å². The summed E-state index contributed by atoms with van der Waals surface area (Å²) in [6, 6.07) is 12.6. The van der Waals surface area contributed by atoms with Gasteiger partial charge in [-0.25, -0.2) is 9.59 Å². The first-order valence-electron chi connectivity index (χ1n) is 11.4. The Morgan fingerprint density at radius 1 is 1.14 bits per heavy atom. The van der Waals surface area contributed by atoms with E-state index in [1.165, 1.54) is 17.0 Å². The van der Waals surface area contributed by atoms with Crippen molar-refractivity contribution in [2.45, 2.75) is 32.4 Å². The SMILES string of the molecule is Cc1c(C(=O)[C@@H]2CCCN2C(=O)CNC(=O)OCc2ccccc2)c(=O)oc2cc(C(N)=O)ccc12. The van der Waals surface area contributed by atoms with Crippen LogP contribution in [0.2, 0.25) is 0 Å². The predicted molar refractivity (Wildman–Crippen MR) is 129 cm³/mol. The number of Topliss-reactive ketones (excluding diaryl/α,β-unsaturated/α-hetero) is 1. The Balaban J connectivity index is 1.45. The van der Waals surface area contributed by atoms with Crippen LogP contribution in [-0.2, 0) is 16.1 Å². The van der Waals surface area contributed by atoms with Gasteiger partial charge in [-0.15, -0.1) is 0 Å². The van der Waals surface area contributed by atoms with Crippen LogP contribution >= 0.6 is 0 Å². The van der Waals surface area contributed by atoms with Crippen molar-refractivity contribution in [1.29, 1.82) is 0 Å². The van der Waals surface area contributed by atoms with Crippen molar-refractivity contribution in [2.24, 2.45) is 5.73 Å². The maximum atomic E-state index is 13.4. The lowest BCUT2D eigenvalue weighted by Gasteiger charge is -2.24. The minimum atomic E-state index is -0.858. The highest BCUT2D eigenvalue weighted by atomic mass is 16.5. The molecule has 0 spiro atoms. The number of alkyl carbamates (subject to hydrolysis) is 1. The molecule has 0 radical (unpaired) electrons. The summed E-state index contributed by atoms with van der Waals surface area (Å²) in [5, 5.41) is 2.90. The molecule has 10 heteroatoms. The fourth-order valence-electron chi connectivity index (χ4n) is 4.32. The number of carbonyl (C=O) groups excluding carboxylic acids is 4. The van der Waals surface area contributed by atoms with Crippen LogP contribution in [0.3, 0.4) is 0 Å². The van der Waals surface area contributed by atoms with Crippen molar-refractivity contribution in [1.82, 2.24) is 10.2 Å². The molecule has 0 bridgehead atoms. The largest absolute Gasteiger partial charge is 0.445 e. The number of carbonyl (C=O) groups is 4. The van der Waals surface area contributed by atoms with Gasteiger partial charge in [-0.2, -0.15) is 0 Å². The average molecular weight is 492 g/mol. The van der Waals surface area contributed by atoms with Crippen LogP contribution in [0.15, 0.2) is 57.7 Å². The van der Waals surface area contributed by atoms with Gasteiger partial charge in [-0.3, -0.25) is 14.4 Å². The number of hydrogen-bond donors (Lipinski definition) is 2. The van der Waals surface area contributed by atoms with Crippen molar-refractivity contribution < 1.29 is 28.3 Å². The van der Waals surface area contributed by atoms with Gasteiger partial charge in [-0.05, 0) is 43.0 Å². The number of nitrogens with one attached hydrogen (secondary N) is 1. The Morgan fingerprint density at radius 2 is 1.89 bits per heavy atom. The number of ether oxygens (including phenoxy) is 1. The maximum Gasteiger partial charge on any atom is 0.407 e. The number of primary amides is 1. The fraction of sp³-hybridized carbons (Fsp3) is 0.269. The Bertz CT molecular complexity index is 1400. The van der Waals surface area contributed by atoms with Gasteiger partial charge < -0.3 is 25.1 Å². The number of hydrogen-bond acceptors (Lipinski definition) is 7. The second-order valence-electron chi connectivity index (χ2n) is 8.49. The van der Waals surface area contributed by atoms with Gasteiger partial charge in [0, 0.05) is 17.5 Å². The number of nitrogens with two attached hydrogens (primary N) is 1. The van der Waals surface area contributed by atoms with Gasteiger partial charge in [0.1, 0.15) is 24.3 Å². The summed E-state index contributed by atoms with van der Waals surface area (Å²) in [5.74, 6) is -1.66. The molecule has 3 amide bonds. The van der Waals surface area contributed by atoms with E-state index < -0.39 is 35.4 Å². The molecule has 2 aromatic carbocycles. The highest BCUT2D eigenvalue weighted by Gasteiger charge is 2.37. The number of ketones is 1. The number of likely N-dealkylation sites (tertiary alicyclic amines) is 1. The molecule has 10 nitrogen and oxygen atoms in total. The molecule has 1 fully saturated rings. The lowest BCUT2D eigenvalue weighted by Crippen LogP contribution is -2.46. The third-order valence-electron chi connectivity index (χ3n) is 6.17. The highest BCUT2D eigenvalue weighted by molar-refractivity contribution is 6.06. The second kappa shape index (κ2) is 10.4. The topological polar surface area (TPSA) is 149 Å². The smallest absolute Gasteiger partial charge is 0.407 e. The Labute approximate surface area is 206 Å². The Morgan fingerprint density at radius 3 is 2.61 bits per heavy atom. The third-order valence-corrected chi connectivity index (χ3v) is 6.17. The second-order valence-corrected chi connectivity index (χ2v) is 8.49. The lowest BCUT2D eigenvalue weighted by molar-refractivity contribution is -0.130. The van der Waals surface area contributed by atoms with E-state index in [2.05, 4.69) is 5.32 Å². The van der Waals surface area contributed by atoms with E-state index in [0.717, 1.165) is 5.56 Å². The minimum Gasteiger partial charge on any atom is -0.445 e. The third kappa shape index (κ3) is 5.12. The Kier molecular flexibility index (Phi) is 7.14. The molecule has 4 rings (SSSR count). The quantitative estimate of drug-likeness (QED) is 0.380. The van der Waals surface area contributed by atoms with Crippen molar-refractivity contribution in [3.05, 3.63) is 81.2 Å². The number of fused-ring (bicyclic) bond motifs is 1. The van der Waals surface area contributed by atoms with Crippen molar-refractivity contribution in [3.63, 3.8) is 0 Å². The van der Waals surface area contributed by atoms with Gasteiger partial charge in [0.25, 0.3) is 0 Å². The number of amides is 3. The van der Waals surface area contributed by atoms with Crippen LogP contribution in [0.1, 0.15) is 44.7 Å². The van der Waals surface area contributed by atoms with E-state index in [-0.39, 0.29) is 29.9 Å². The molecule has 0 unspecified atom stereocenters. The van der Waals surface area contributed by atoms with E-state index >= 15 is 0 Å². The van der Waals surface area contributed by atoms with Crippen molar-refractivity contribution in [3.8, 4) is 0 Å². The highest BCUT2D eigenvalue weighted by Crippen LogP contribution is 2.25. The summed E-state index contributed by atoms with van der Waals surface area (Å²) in [4.78, 5) is 63.7. The molecule has 1 saturated heterocycles. The molecule has 1 aliphatic rings. The molecular weight excluding hydrogens is 466 g/mol. The monoisotopic (exact) mass is 491 g/mol. The van der Waals surface area contributed by atoms with Crippen LogP contribution in [0.4, 0.5) is 4.79 Å². The maximum absolute atomic E-state index is 13.4. The molecule has 0 aliphatic carbocycles. The van der Waals surface area contributed by atoms with Gasteiger partial charge >= 0.3 is 11.7 Å². The Hall–Kier alpha value is -4.47. The molecular formula is C26H25N3O7. The van der Waals surface area contributed by atoms with E-state index in [1.807, 2.05) is 18.2 Å². The first-order valence-corrected chi connectivity index (χ1v) is 11.4. The summed E-state index contributed by atoms with van der Waals surface area (Å²) in [6.07, 6.45) is 0.191.